The molecule has 1 atom stereocenters. The Kier molecular flexibility index (Phi) is 2.46. The smallest absolute Gasteiger partial charge is 0.122 e. The van der Waals surface area contributed by atoms with E-state index in [-0.39, 0.29) is 6.04 Å². The second-order valence-electron chi connectivity index (χ2n) is 3.86. The van der Waals surface area contributed by atoms with Crippen LogP contribution in [0.1, 0.15) is 36.1 Å². The summed E-state index contributed by atoms with van der Waals surface area (Å²) in [5, 5.41) is 0. The van der Waals surface area contributed by atoms with Gasteiger partial charge in [-0.2, -0.15) is 0 Å². The van der Waals surface area contributed by atoms with Crippen LogP contribution in [-0.4, -0.2) is 7.11 Å². The molecule has 0 saturated heterocycles. The minimum absolute atomic E-state index is 0.213. The molecule has 0 spiro atoms. The molecule has 1 aromatic carbocycles. The molecule has 2 N–H and O–H groups in total. The Hall–Kier alpha value is -1.02. The Morgan fingerprint density at radius 1 is 1.50 bits per heavy atom. The lowest BCUT2D eigenvalue weighted by molar-refractivity contribution is 0.409. The number of rotatable bonds is 2. The second-order valence-corrected chi connectivity index (χ2v) is 3.86. The number of methoxy groups -OCH3 is 1. The lowest BCUT2D eigenvalue weighted by atomic mass is 10.0. The van der Waals surface area contributed by atoms with E-state index in [4.69, 9.17) is 10.5 Å². The molecule has 76 valence electrons. The van der Waals surface area contributed by atoms with Crippen molar-refractivity contribution in [1.82, 2.24) is 0 Å². The molecule has 0 saturated carbocycles. The van der Waals surface area contributed by atoms with Gasteiger partial charge in [-0.1, -0.05) is 13.0 Å². The summed E-state index contributed by atoms with van der Waals surface area (Å²) in [5.74, 6) is 0.989. The fraction of sp³-hybridized carbons (Fsp3) is 0.500. The third-order valence-electron chi connectivity index (χ3n) is 3.05. The van der Waals surface area contributed by atoms with Crippen molar-refractivity contribution in [3.05, 3.63) is 28.8 Å². The summed E-state index contributed by atoms with van der Waals surface area (Å²) in [4.78, 5) is 0. The van der Waals surface area contributed by atoms with Crippen LogP contribution in [0.4, 0.5) is 0 Å². The van der Waals surface area contributed by atoms with Crippen LogP contribution in [-0.2, 0) is 12.8 Å². The van der Waals surface area contributed by atoms with Crippen LogP contribution < -0.4 is 10.5 Å². The van der Waals surface area contributed by atoms with Gasteiger partial charge in [-0.25, -0.2) is 0 Å². The molecule has 0 amide bonds. The van der Waals surface area contributed by atoms with E-state index in [1.54, 1.807) is 7.11 Å². The molecule has 2 rings (SSSR count). The molecule has 0 bridgehead atoms. The molecule has 1 aliphatic carbocycles. The molecule has 0 aliphatic heterocycles. The molecule has 1 aliphatic rings. The summed E-state index contributed by atoms with van der Waals surface area (Å²) in [7, 11) is 1.72. The summed E-state index contributed by atoms with van der Waals surface area (Å²) in [6.07, 6.45) is 3.21. The topological polar surface area (TPSA) is 35.2 Å². The summed E-state index contributed by atoms with van der Waals surface area (Å²) >= 11 is 0. The zero-order chi connectivity index (χ0) is 10.1. The highest BCUT2D eigenvalue weighted by atomic mass is 16.5. The van der Waals surface area contributed by atoms with Crippen LogP contribution >= 0.6 is 0 Å². The summed E-state index contributed by atoms with van der Waals surface area (Å²) in [5.41, 5.74) is 9.99. The molecule has 2 heteroatoms. The molecule has 14 heavy (non-hydrogen) atoms. The molecule has 0 fully saturated rings. The number of hydrogen-bond acceptors (Lipinski definition) is 2. The average Bonchev–Trinajstić information content (AvgIpc) is 2.58. The lowest BCUT2D eigenvalue weighted by Gasteiger charge is -2.11. The number of nitrogens with two attached hydrogens (primary N) is 1. The molecule has 1 unspecified atom stereocenters. The first-order chi connectivity index (χ1) is 6.76. The van der Waals surface area contributed by atoms with E-state index in [1.807, 2.05) is 0 Å². The van der Waals surface area contributed by atoms with Gasteiger partial charge in [0, 0.05) is 6.04 Å². The summed E-state index contributed by atoms with van der Waals surface area (Å²) in [6, 6.07) is 4.58. The predicted octanol–water partition coefficient (Wildman–Crippen LogP) is 2.20. The Labute approximate surface area is 85.1 Å². The van der Waals surface area contributed by atoms with E-state index in [9.17, 15) is 0 Å². The van der Waals surface area contributed by atoms with E-state index in [2.05, 4.69) is 19.1 Å². The highest BCUT2D eigenvalue weighted by Gasteiger charge is 2.20. The standard InChI is InChI=1S/C12H17NO/c1-3-8-6-9-4-5-11(13)10(9)7-12(8)14-2/h6-7,11H,3-5,13H2,1-2H3. The first-order valence-electron chi connectivity index (χ1n) is 5.21. The Bertz CT molecular complexity index is 346. The van der Waals surface area contributed by atoms with Crippen molar-refractivity contribution in [3.63, 3.8) is 0 Å². The maximum atomic E-state index is 6.01. The Morgan fingerprint density at radius 2 is 2.29 bits per heavy atom. The number of fused-ring (bicyclic) bond motifs is 1. The molecular weight excluding hydrogens is 174 g/mol. The number of hydrogen-bond donors (Lipinski definition) is 1. The van der Waals surface area contributed by atoms with Gasteiger partial charge in [-0.3, -0.25) is 0 Å². The van der Waals surface area contributed by atoms with Gasteiger partial charge in [0.15, 0.2) is 0 Å². The molecule has 0 radical (unpaired) electrons. The van der Waals surface area contributed by atoms with Crippen molar-refractivity contribution >= 4 is 0 Å². The van der Waals surface area contributed by atoms with Crippen molar-refractivity contribution in [2.75, 3.05) is 7.11 Å². The molecule has 0 heterocycles. The SMILES string of the molecule is CCc1cc2c(cc1OC)C(N)CC2. The van der Waals surface area contributed by atoms with E-state index < -0.39 is 0 Å². The Morgan fingerprint density at radius 3 is 2.93 bits per heavy atom. The van der Waals surface area contributed by atoms with Crippen molar-refractivity contribution in [2.24, 2.45) is 5.73 Å². The van der Waals surface area contributed by atoms with Gasteiger partial charge in [0.1, 0.15) is 5.75 Å². The Balaban J connectivity index is 2.49. The van der Waals surface area contributed by atoms with Gasteiger partial charge in [0.2, 0.25) is 0 Å². The second kappa shape index (κ2) is 3.62. The third-order valence-corrected chi connectivity index (χ3v) is 3.05. The minimum Gasteiger partial charge on any atom is -0.496 e. The average molecular weight is 191 g/mol. The normalized spacial score (nSPS) is 19.5. The van der Waals surface area contributed by atoms with Crippen molar-refractivity contribution in [2.45, 2.75) is 32.2 Å². The summed E-state index contributed by atoms with van der Waals surface area (Å²) < 4.78 is 5.35. The highest BCUT2D eigenvalue weighted by molar-refractivity contribution is 5.46. The van der Waals surface area contributed by atoms with Gasteiger partial charge in [0.25, 0.3) is 0 Å². The van der Waals surface area contributed by atoms with Crippen LogP contribution in [0.2, 0.25) is 0 Å². The van der Waals surface area contributed by atoms with Crippen LogP contribution in [0.5, 0.6) is 5.75 Å². The van der Waals surface area contributed by atoms with Gasteiger partial charge < -0.3 is 10.5 Å². The van der Waals surface area contributed by atoms with Gasteiger partial charge >= 0.3 is 0 Å². The highest BCUT2D eigenvalue weighted by Crippen LogP contribution is 2.34. The molecule has 1 aromatic rings. The van der Waals surface area contributed by atoms with Crippen LogP contribution in [0.25, 0.3) is 0 Å². The van der Waals surface area contributed by atoms with E-state index in [0.717, 1.165) is 25.0 Å². The fourth-order valence-corrected chi connectivity index (χ4v) is 2.19. The first-order valence-corrected chi connectivity index (χ1v) is 5.21. The minimum atomic E-state index is 0.213. The largest absolute Gasteiger partial charge is 0.496 e. The maximum absolute atomic E-state index is 6.01. The summed E-state index contributed by atoms with van der Waals surface area (Å²) in [6.45, 7) is 2.15. The predicted molar refractivity (Wildman–Crippen MR) is 57.6 cm³/mol. The number of benzene rings is 1. The van der Waals surface area contributed by atoms with Gasteiger partial charge in [0.05, 0.1) is 7.11 Å². The lowest BCUT2D eigenvalue weighted by Crippen LogP contribution is -2.05. The number of aryl methyl sites for hydroxylation is 2. The maximum Gasteiger partial charge on any atom is 0.122 e. The van der Waals surface area contributed by atoms with Gasteiger partial charge in [-0.15, -0.1) is 0 Å². The zero-order valence-corrected chi connectivity index (χ0v) is 8.84. The van der Waals surface area contributed by atoms with Crippen LogP contribution in [0, 0.1) is 0 Å². The monoisotopic (exact) mass is 191 g/mol. The molecule has 0 aromatic heterocycles. The van der Waals surface area contributed by atoms with Gasteiger partial charge in [-0.05, 0) is 42.0 Å². The number of ether oxygens (including phenoxy) is 1. The van der Waals surface area contributed by atoms with Crippen molar-refractivity contribution in [3.8, 4) is 5.75 Å². The van der Waals surface area contributed by atoms with Crippen LogP contribution in [0.15, 0.2) is 12.1 Å². The van der Waals surface area contributed by atoms with E-state index >= 15 is 0 Å². The van der Waals surface area contributed by atoms with E-state index in [1.165, 1.54) is 16.7 Å². The van der Waals surface area contributed by atoms with Crippen LogP contribution in [0.3, 0.4) is 0 Å². The zero-order valence-electron chi connectivity index (χ0n) is 8.84. The molecular formula is C12H17NO. The quantitative estimate of drug-likeness (QED) is 0.777. The molecule has 2 nitrogen and oxygen atoms in total. The van der Waals surface area contributed by atoms with Crippen molar-refractivity contribution < 1.29 is 4.74 Å². The van der Waals surface area contributed by atoms with E-state index in [0.29, 0.717) is 0 Å². The first kappa shape index (κ1) is 9.53. The van der Waals surface area contributed by atoms with Crippen molar-refractivity contribution in [1.29, 1.82) is 0 Å². The fourth-order valence-electron chi connectivity index (χ4n) is 2.19. The third kappa shape index (κ3) is 1.40.